The van der Waals surface area contributed by atoms with Gasteiger partial charge in [-0.15, -0.1) is 0 Å². The summed E-state index contributed by atoms with van der Waals surface area (Å²) in [5, 5.41) is 8.95. The summed E-state index contributed by atoms with van der Waals surface area (Å²) in [6.07, 6.45) is 0.663. The van der Waals surface area contributed by atoms with Crippen molar-refractivity contribution in [1.29, 1.82) is 0 Å². The Kier molecular flexibility index (Phi) is 3.39. The highest BCUT2D eigenvalue weighted by molar-refractivity contribution is 5.27. The van der Waals surface area contributed by atoms with Crippen molar-refractivity contribution >= 4 is 0 Å². The molecule has 0 amide bonds. The third-order valence-electron chi connectivity index (χ3n) is 1.88. The Bertz CT molecular complexity index is 286. The standard InChI is InChI=1S/C10H14FNO/c1-7(12)4-8-2-3-10(11)5-9(8)6-13/h2-3,5,7,13H,4,6,12H2,1H3/t7-/m0/s1. The first-order valence-electron chi connectivity index (χ1n) is 4.27. The quantitative estimate of drug-likeness (QED) is 0.739. The van der Waals surface area contributed by atoms with E-state index in [0.717, 1.165) is 5.56 Å². The highest BCUT2D eigenvalue weighted by atomic mass is 19.1. The number of hydrogen-bond acceptors (Lipinski definition) is 2. The summed E-state index contributed by atoms with van der Waals surface area (Å²) in [6.45, 7) is 1.74. The lowest BCUT2D eigenvalue weighted by Gasteiger charge is -2.09. The highest BCUT2D eigenvalue weighted by Crippen LogP contribution is 2.12. The van der Waals surface area contributed by atoms with Crippen LogP contribution in [-0.4, -0.2) is 11.1 Å². The lowest BCUT2D eigenvalue weighted by Crippen LogP contribution is -2.18. The van der Waals surface area contributed by atoms with E-state index in [1.54, 1.807) is 6.07 Å². The largest absolute Gasteiger partial charge is 0.392 e. The van der Waals surface area contributed by atoms with E-state index >= 15 is 0 Å². The summed E-state index contributed by atoms with van der Waals surface area (Å²) in [5.74, 6) is -0.322. The summed E-state index contributed by atoms with van der Waals surface area (Å²) in [4.78, 5) is 0. The monoisotopic (exact) mass is 183 g/mol. The van der Waals surface area contributed by atoms with Gasteiger partial charge in [0.25, 0.3) is 0 Å². The van der Waals surface area contributed by atoms with Gasteiger partial charge < -0.3 is 10.8 Å². The van der Waals surface area contributed by atoms with Gasteiger partial charge in [-0.25, -0.2) is 4.39 Å². The van der Waals surface area contributed by atoms with Crippen LogP contribution in [-0.2, 0) is 13.0 Å². The van der Waals surface area contributed by atoms with Crippen LogP contribution in [0.1, 0.15) is 18.1 Å². The van der Waals surface area contributed by atoms with Gasteiger partial charge in [0.15, 0.2) is 0 Å². The molecule has 1 rings (SSSR count). The average molecular weight is 183 g/mol. The summed E-state index contributed by atoms with van der Waals surface area (Å²) >= 11 is 0. The zero-order valence-electron chi connectivity index (χ0n) is 7.63. The fourth-order valence-electron chi connectivity index (χ4n) is 1.29. The van der Waals surface area contributed by atoms with Crippen LogP contribution in [0.15, 0.2) is 18.2 Å². The van der Waals surface area contributed by atoms with Crippen LogP contribution in [0, 0.1) is 5.82 Å². The minimum atomic E-state index is -0.322. The summed E-state index contributed by atoms with van der Waals surface area (Å²) < 4.78 is 12.7. The van der Waals surface area contributed by atoms with Crippen LogP contribution in [0.2, 0.25) is 0 Å². The van der Waals surface area contributed by atoms with E-state index in [2.05, 4.69) is 0 Å². The third-order valence-corrected chi connectivity index (χ3v) is 1.88. The molecule has 0 aliphatic carbocycles. The zero-order chi connectivity index (χ0) is 9.84. The average Bonchev–Trinajstić information content (AvgIpc) is 2.07. The molecule has 0 bridgehead atoms. The number of aliphatic hydroxyl groups is 1. The van der Waals surface area contributed by atoms with Gasteiger partial charge in [0.1, 0.15) is 5.82 Å². The van der Waals surface area contributed by atoms with E-state index in [9.17, 15) is 4.39 Å². The van der Waals surface area contributed by atoms with Crippen LogP contribution >= 0.6 is 0 Å². The maximum atomic E-state index is 12.7. The Hall–Kier alpha value is -0.930. The second kappa shape index (κ2) is 4.35. The molecule has 72 valence electrons. The van der Waals surface area contributed by atoms with Crippen LogP contribution in [0.4, 0.5) is 4.39 Å². The van der Waals surface area contributed by atoms with Gasteiger partial charge in [0.05, 0.1) is 6.61 Å². The van der Waals surface area contributed by atoms with Crippen LogP contribution < -0.4 is 5.73 Å². The molecule has 2 nitrogen and oxygen atoms in total. The Morgan fingerprint density at radius 3 is 2.69 bits per heavy atom. The zero-order valence-corrected chi connectivity index (χ0v) is 7.63. The molecule has 0 aromatic heterocycles. The van der Waals surface area contributed by atoms with Gasteiger partial charge in [-0.2, -0.15) is 0 Å². The summed E-state index contributed by atoms with van der Waals surface area (Å²) in [7, 11) is 0. The van der Waals surface area contributed by atoms with Gasteiger partial charge in [0.2, 0.25) is 0 Å². The van der Waals surface area contributed by atoms with Crippen LogP contribution in [0.3, 0.4) is 0 Å². The number of nitrogens with two attached hydrogens (primary N) is 1. The molecular weight excluding hydrogens is 169 g/mol. The lowest BCUT2D eigenvalue weighted by molar-refractivity contribution is 0.280. The van der Waals surface area contributed by atoms with E-state index < -0.39 is 0 Å². The number of halogens is 1. The Morgan fingerprint density at radius 2 is 2.15 bits per heavy atom. The maximum absolute atomic E-state index is 12.7. The molecule has 1 atom stereocenters. The molecule has 13 heavy (non-hydrogen) atoms. The Balaban J connectivity index is 2.92. The molecule has 0 unspecified atom stereocenters. The third kappa shape index (κ3) is 2.79. The van der Waals surface area contributed by atoms with Crippen LogP contribution in [0.5, 0.6) is 0 Å². The van der Waals surface area contributed by atoms with Gasteiger partial charge in [-0.1, -0.05) is 6.07 Å². The second-order valence-corrected chi connectivity index (χ2v) is 3.25. The summed E-state index contributed by atoms with van der Waals surface area (Å²) in [6, 6.07) is 4.43. The molecule has 0 radical (unpaired) electrons. The van der Waals surface area contributed by atoms with Gasteiger partial charge >= 0.3 is 0 Å². The van der Waals surface area contributed by atoms with Crippen LogP contribution in [0.25, 0.3) is 0 Å². The first-order chi connectivity index (χ1) is 6.13. The Morgan fingerprint density at radius 1 is 1.46 bits per heavy atom. The molecule has 0 aliphatic heterocycles. The van der Waals surface area contributed by atoms with Gasteiger partial charge in [-0.05, 0) is 36.6 Å². The van der Waals surface area contributed by atoms with Gasteiger partial charge in [0, 0.05) is 6.04 Å². The predicted molar refractivity (Wildman–Crippen MR) is 49.7 cm³/mol. The van der Waals surface area contributed by atoms with Crippen molar-refractivity contribution in [3.8, 4) is 0 Å². The lowest BCUT2D eigenvalue weighted by atomic mass is 10.0. The molecule has 0 saturated heterocycles. The number of rotatable bonds is 3. The van der Waals surface area contributed by atoms with E-state index in [1.165, 1.54) is 12.1 Å². The number of benzene rings is 1. The maximum Gasteiger partial charge on any atom is 0.123 e. The predicted octanol–water partition coefficient (Wildman–Crippen LogP) is 1.21. The van der Waals surface area contributed by atoms with Gasteiger partial charge in [-0.3, -0.25) is 0 Å². The van der Waals surface area contributed by atoms with E-state index in [-0.39, 0.29) is 18.5 Å². The minimum Gasteiger partial charge on any atom is -0.392 e. The summed E-state index contributed by atoms with van der Waals surface area (Å²) in [5.41, 5.74) is 7.15. The van der Waals surface area contributed by atoms with E-state index in [1.807, 2.05) is 6.92 Å². The van der Waals surface area contributed by atoms with Crippen molar-refractivity contribution in [2.75, 3.05) is 0 Å². The molecule has 0 saturated carbocycles. The molecule has 1 aromatic carbocycles. The topological polar surface area (TPSA) is 46.2 Å². The first kappa shape index (κ1) is 10.2. The molecule has 0 aliphatic rings. The smallest absolute Gasteiger partial charge is 0.123 e. The first-order valence-corrected chi connectivity index (χ1v) is 4.27. The van der Waals surface area contributed by atoms with Crippen molar-refractivity contribution in [1.82, 2.24) is 0 Å². The van der Waals surface area contributed by atoms with Crippen molar-refractivity contribution < 1.29 is 9.50 Å². The molecule has 1 aromatic rings. The molecule has 0 spiro atoms. The fourth-order valence-corrected chi connectivity index (χ4v) is 1.29. The van der Waals surface area contributed by atoms with E-state index in [4.69, 9.17) is 10.8 Å². The fraction of sp³-hybridized carbons (Fsp3) is 0.400. The Labute approximate surface area is 77.2 Å². The van der Waals surface area contributed by atoms with Crippen molar-refractivity contribution in [2.45, 2.75) is 26.0 Å². The van der Waals surface area contributed by atoms with Crippen molar-refractivity contribution in [3.63, 3.8) is 0 Å². The minimum absolute atomic E-state index is 0.0239. The molecule has 0 fully saturated rings. The van der Waals surface area contributed by atoms with E-state index in [0.29, 0.717) is 12.0 Å². The highest BCUT2D eigenvalue weighted by Gasteiger charge is 2.05. The molecule has 3 heteroatoms. The molecular formula is C10H14FNO. The SMILES string of the molecule is C[C@H](N)Cc1ccc(F)cc1CO. The van der Waals surface area contributed by atoms with Crippen molar-refractivity contribution in [2.24, 2.45) is 5.73 Å². The van der Waals surface area contributed by atoms with Crippen molar-refractivity contribution in [3.05, 3.63) is 35.1 Å². The second-order valence-electron chi connectivity index (χ2n) is 3.25. The number of aliphatic hydroxyl groups excluding tert-OH is 1. The normalized spacial score (nSPS) is 12.9. The molecule has 3 N–H and O–H groups in total. The molecule has 0 heterocycles. The number of hydrogen-bond donors (Lipinski definition) is 2.